The van der Waals surface area contributed by atoms with E-state index in [2.05, 4.69) is 15.0 Å². The van der Waals surface area contributed by atoms with Crippen LogP contribution in [0, 0.1) is 6.92 Å². The molecule has 2 heterocycles. The highest BCUT2D eigenvalue weighted by Crippen LogP contribution is 2.40. The summed E-state index contributed by atoms with van der Waals surface area (Å²) in [4.78, 5) is 27.8. The second-order valence-electron chi connectivity index (χ2n) is 4.48. The quantitative estimate of drug-likeness (QED) is 0.275. The van der Waals surface area contributed by atoms with E-state index in [4.69, 9.17) is 10.3 Å². The SMILES string of the molecule is Cc1cn([C@@H]2O[C@@](CI)(N=[N+]=[N-])C[C@@H]2F)c(=O)[nH]c1=O. The van der Waals surface area contributed by atoms with Crippen LogP contribution in [-0.2, 0) is 4.74 Å². The molecule has 2 rings (SSSR count). The van der Waals surface area contributed by atoms with Crippen LogP contribution < -0.4 is 11.2 Å². The number of halogens is 2. The zero-order valence-electron chi connectivity index (χ0n) is 10.4. The lowest BCUT2D eigenvalue weighted by atomic mass is 10.1. The van der Waals surface area contributed by atoms with Gasteiger partial charge in [0, 0.05) is 27.5 Å². The molecule has 20 heavy (non-hydrogen) atoms. The predicted octanol–water partition coefficient (Wildman–Crippen LogP) is 1.54. The van der Waals surface area contributed by atoms with E-state index < -0.39 is 29.4 Å². The van der Waals surface area contributed by atoms with E-state index in [1.165, 1.54) is 13.1 Å². The zero-order chi connectivity index (χ0) is 14.9. The average Bonchev–Trinajstić information content (AvgIpc) is 2.72. The topological polar surface area (TPSA) is 113 Å². The molecular formula is C10H11FIN5O3. The molecule has 0 spiro atoms. The maximum atomic E-state index is 14.1. The Hall–Kier alpha value is -1.39. The lowest BCUT2D eigenvalue weighted by molar-refractivity contribution is -0.0657. The molecule has 1 N–H and O–H groups in total. The number of aromatic nitrogens is 2. The number of H-pyrrole nitrogens is 1. The van der Waals surface area contributed by atoms with Crippen LogP contribution in [0.5, 0.6) is 0 Å². The standard InChI is InChI=1S/C10H11FIN5O3/c1-5-3-17(9(19)14-7(5)18)8-6(11)2-10(4-12,20-8)15-16-13/h3,6,8H,2,4H2,1H3,(H,14,18,19)/t6-,8+,10-/m0/s1. The van der Waals surface area contributed by atoms with Crippen molar-refractivity contribution in [1.82, 2.24) is 9.55 Å². The summed E-state index contributed by atoms with van der Waals surface area (Å²) in [5, 5.41) is 3.49. The smallest absolute Gasteiger partial charge is 0.330 e. The van der Waals surface area contributed by atoms with Gasteiger partial charge >= 0.3 is 5.69 Å². The molecule has 10 heteroatoms. The molecule has 1 fully saturated rings. The van der Waals surface area contributed by atoms with Gasteiger partial charge in [-0.25, -0.2) is 9.18 Å². The van der Waals surface area contributed by atoms with Gasteiger partial charge in [0.15, 0.2) is 12.0 Å². The molecule has 0 unspecified atom stereocenters. The minimum atomic E-state index is -1.52. The van der Waals surface area contributed by atoms with Gasteiger partial charge < -0.3 is 4.74 Å². The van der Waals surface area contributed by atoms with Crippen LogP contribution in [0.3, 0.4) is 0 Å². The molecule has 0 aliphatic carbocycles. The number of aromatic amines is 1. The molecule has 0 amide bonds. The molecule has 1 aromatic rings. The van der Waals surface area contributed by atoms with Gasteiger partial charge in [-0.3, -0.25) is 14.3 Å². The Kier molecular flexibility index (Phi) is 4.16. The minimum Gasteiger partial charge on any atom is -0.341 e. The van der Waals surface area contributed by atoms with E-state index in [1.54, 1.807) is 0 Å². The first-order chi connectivity index (χ1) is 9.42. The van der Waals surface area contributed by atoms with Crippen molar-refractivity contribution in [2.45, 2.75) is 31.5 Å². The summed E-state index contributed by atoms with van der Waals surface area (Å²) >= 11 is 1.92. The minimum absolute atomic E-state index is 0.144. The molecule has 0 saturated carbocycles. The highest BCUT2D eigenvalue weighted by molar-refractivity contribution is 14.1. The van der Waals surface area contributed by atoms with Gasteiger partial charge in [0.2, 0.25) is 0 Å². The van der Waals surface area contributed by atoms with Crippen molar-refractivity contribution in [3.63, 3.8) is 0 Å². The molecule has 1 aliphatic rings. The first-order valence-electron chi connectivity index (χ1n) is 5.68. The third-order valence-electron chi connectivity index (χ3n) is 3.02. The van der Waals surface area contributed by atoms with Gasteiger partial charge in [-0.1, -0.05) is 27.7 Å². The molecule has 8 nitrogen and oxygen atoms in total. The Morgan fingerprint density at radius 1 is 1.75 bits per heavy atom. The largest absolute Gasteiger partial charge is 0.341 e. The van der Waals surface area contributed by atoms with E-state index in [0.717, 1.165) is 4.57 Å². The Morgan fingerprint density at radius 2 is 2.45 bits per heavy atom. The fourth-order valence-electron chi connectivity index (χ4n) is 2.02. The lowest BCUT2D eigenvalue weighted by Gasteiger charge is -2.21. The first kappa shape index (κ1) is 15.0. The normalized spacial score (nSPS) is 29.1. The second kappa shape index (κ2) is 5.54. The third-order valence-corrected chi connectivity index (χ3v) is 4.21. The number of azide groups is 1. The second-order valence-corrected chi connectivity index (χ2v) is 5.24. The van der Waals surface area contributed by atoms with Crippen LogP contribution in [0.1, 0.15) is 18.2 Å². The van der Waals surface area contributed by atoms with E-state index in [0.29, 0.717) is 0 Å². The van der Waals surface area contributed by atoms with Crippen molar-refractivity contribution in [2.24, 2.45) is 5.11 Å². The number of aryl methyl sites for hydroxylation is 1. The number of rotatable bonds is 3. The van der Waals surface area contributed by atoms with Crippen molar-refractivity contribution in [3.8, 4) is 0 Å². The molecule has 1 aromatic heterocycles. The van der Waals surface area contributed by atoms with Crippen molar-refractivity contribution >= 4 is 22.6 Å². The van der Waals surface area contributed by atoms with Crippen molar-refractivity contribution in [2.75, 3.05) is 4.43 Å². The number of nitrogens with zero attached hydrogens (tertiary/aromatic N) is 4. The fourth-order valence-corrected chi connectivity index (χ4v) is 2.66. The predicted molar refractivity (Wildman–Crippen MR) is 76.5 cm³/mol. The third kappa shape index (κ3) is 2.58. The molecule has 1 saturated heterocycles. The summed E-state index contributed by atoms with van der Waals surface area (Å²) in [5.41, 5.74) is 6.18. The molecule has 1 aliphatic heterocycles. The maximum absolute atomic E-state index is 14.1. The van der Waals surface area contributed by atoms with E-state index in [1.807, 2.05) is 22.6 Å². The van der Waals surface area contributed by atoms with Crippen LogP contribution in [0.4, 0.5) is 4.39 Å². The number of hydrogen-bond donors (Lipinski definition) is 1. The van der Waals surface area contributed by atoms with Crippen LogP contribution in [0.25, 0.3) is 10.4 Å². The van der Waals surface area contributed by atoms with Gasteiger partial charge in [-0.2, -0.15) is 0 Å². The molecule has 0 radical (unpaired) electrons. The molecule has 3 atom stereocenters. The summed E-state index contributed by atoms with van der Waals surface area (Å²) in [5.74, 6) is 0. The average molecular weight is 395 g/mol. The van der Waals surface area contributed by atoms with E-state index >= 15 is 0 Å². The van der Waals surface area contributed by atoms with Crippen LogP contribution in [-0.4, -0.2) is 25.9 Å². The first-order valence-corrected chi connectivity index (χ1v) is 7.21. The number of ether oxygens (including phenoxy) is 1. The highest BCUT2D eigenvalue weighted by Gasteiger charge is 2.47. The monoisotopic (exact) mass is 395 g/mol. The molecule has 0 bridgehead atoms. The molecule has 0 aromatic carbocycles. The summed E-state index contributed by atoms with van der Waals surface area (Å²) < 4.78 is 20.8. The molecule has 108 valence electrons. The van der Waals surface area contributed by atoms with E-state index in [-0.39, 0.29) is 16.4 Å². The van der Waals surface area contributed by atoms with Crippen molar-refractivity contribution < 1.29 is 9.13 Å². The zero-order valence-corrected chi connectivity index (χ0v) is 12.6. The Labute approximate surface area is 125 Å². The maximum Gasteiger partial charge on any atom is 0.330 e. The summed E-state index contributed by atoms with van der Waals surface area (Å²) in [7, 11) is 0. The van der Waals surface area contributed by atoms with Crippen LogP contribution >= 0.6 is 22.6 Å². The summed E-state index contributed by atoms with van der Waals surface area (Å²) in [6.07, 6.45) is -1.65. The van der Waals surface area contributed by atoms with Crippen molar-refractivity contribution in [3.05, 3.63) is 43.0 Å². The Morgan fingerprint density at radius 3 is 3.05 bits per heavy atom. The number of hydrogen-bond acceptors (Lipinski definition) is 4. The number of alkyl halides is 2. The Balaban J connectivity index is 2.45. The van der Waals surface area contributed by atoms with Gasteiger partial charge in [-0.15, -0.1) is 0 Å². The Bertz CT molecular complexity index is 682. The van der Waals surface area contributed by atoms with Crippen LogP contribution in [0.2, 0.25) is 0 Å². The van der Waals surface area contributed by atoms with Gasteiger partial charge in [0.25, 0.3) is 5.56 Å². The van der Waals surface area contributed by atoms with Crippen LogP contribution in [0.15, 0.2) is 20.9 Å². The van der Waals surface area contributed by atoms with E-state index in [9.17, 15) is 14.0 Å². The highest BCUT2D eigenvalue weighted by atomic mass is 127. The molecular weight excluding hydrogens is 384 g/mol. The van der Waals surface area contributed by atoms with Gasteiger partial charge in [0.1, 0.15) is 6.17 Å². The van der Waals surface area contributed by atoms with Crippen molar-refractivity contribution in [1.29, 1.82) is 0 Å². The summed E-state index contributed by atoms with van der Waals surface area (Å²) in [6.45, 7) is 1.50. The summed E-state index contributed by atoms with van der Waals surface area (Å²) in [6, 6.07) is 0. The fraction of sp³-hybridized carbons (Fsp3) is 0.600. The number of nitrogens with one attached hydrogen (secondary N) is 1. The van der Waals surface area contributed by atoms with Gasteiger partial charge in [0.05, 0.1) is 0 Å². The lowest BCUT2D eigenvalue weighted by Crippen LogP contribution is -2.36. The van der Waals surface area contributed by atoms with Gasteiger partial charge in [-0.05, 0) is 12.5 Å².